The number of sulfone groups is 1. The van der Waals surface area contributed by atoms with Crippen molar-refractivity contribution in [2.45, 2.75) is 0 Å². The highest BCUT2D eigenvalue weighted by Crippen LogP contribution is 2.06. The molecule has 84 valence electrons. The fourth-order valence-corrected chi connectivity index (χ4v) is 1.33. The van der Waals surface area contributed by atoms with Crippen LogP contribution in [0, 0.1) is 0 Å². The van der Waals surface area contributed by atoms with Gasteiger partial charge in [-0.05, 0) is 0 Å². The molecule has 1 rings (SSSR count). The Balaban J connectivity index is 2.45. The Bertz CT molecular complexity index is 402. The Morgan fingerprint density at radius 1 is 1.40 bits per heavy atom. The van der Waals surface area contributed by atoms with Gasteiger partial charge in [0.25, 0.3) is 0 Å². The number of hydrogen-bond donors (Lipinski definition) is 1. The van der Waals surface area contributed by atoms with Gasteiger partial charge in [0.2, 0.25) is 5.95 Å². The molecule has 0 spiro atoms. The zero-order valence-electron chi connectivity index (χ0n) is 8.60. The molecule has 6 nitrogen and oxygen atoms in total. The van der Waals surface area contributed by atoms with Gasteiger partial charge in [0.05, 0.1) is 25.3 Å². The van der Waals surface area contributed by atoms with Crippen molar-refractivity contribution in [1.29, 1.82) is 0 Å². The molecule has 1 aromatic heterocycles. The first-order valence-corrected chi connectivity index (χ1v) is 6.35. The minimum absolute atomic E-state index is 0.0579. The van der Waals surface area contributed by atoms with Gasteiger partial charge in [-0.3, -0.25) is 0 Å². The summed E-state index contributed by atoms with van der Waals surface area (Å²) < 4.78 is 26.5. The molecule has 0 unspecified atom stereocenters. The van der Waals surface area contributed by atoms with E-state index in [1.807, 2.05) is 0 Å². The van der Waals surface area contributed by atoms with E-state index in [-0.39, 0.29) is 5.75 Å². The Hall–Kier alpha value is -1.37. The number of anilines is 1. The Morgan fingerprint density at radius 2 is 2.00 bits per heavy atom. The molecule has 0 aliphatic rings. The zero-order chi connectivity index (χ0) is 11.3. The molecule has 15 heavy (non-hydrogen) atoms. The summed E-state index contributed by atoms with van der Waals surface area (Å²) in [4.78, 5) is 7.85. The Labute approximate surface area is 88.6 Å². The first kappa shape index (κ1) is 11.7. The third kappa shape index (κ3) is 4.59. The van der Waals surface area contributed by atoms with E-state index >= 15 is 0 Å². The van der Waals surface area contributed by atoms with Crippen LogP contribution in [0.5, 0.6) is 5.75 Å². The Morgan fingerprint density at radius 3 is 2.47 bits per heavy atom. The minimum Gasteiger partial charge on any atom is -0.494 e. The smallest absolute Gasteiger partial charge is 0.222 e. The molecule has 1 aromatic rings. The van der Waals surface area contributed by atoms with E-state index in [9.17, 15) is 8.42 Å². The number of hydrogen-bond acceptors (Lipinski definition) is 6. The van der Waals surface area contributed by atoms with Crippen LogP contribution in [0.15, 0.2) is 12.4 Å². The topological polar surface area (TPSA) is 81.2 Å². The molecule has 0 saturated heterocycles. The maximum Gasteiger partial charge on any atom is 0.222 e. The zero-order valence-corrected chi connectivity index (χ0v) is 9.41. The number of aromatic nitrogens is 2. The molecule has 0 amide bonds. The van der Waals surface area contributed by atoms with E-state index in [1.54, 1.807) is 0 Å². The molecule has 0 atom stereocenters. The maximum absolute atomic E-state index is 10.8. The third-order valence-corrected chi connectivity index (χ3v) is 2.57. The van der Waals surface area contributed by atoms with Gasteiger partial charge in [0.15, 0.2) is 5.75 Å². The molecule has 1 heterocycles. The average Bonchev–Trinajstić information content (AvgIpc) is 2.17. The standard InChI is InChI=1S/C8H13N3O3S/c1-14-7-5-10-8(11-6-7)9-3-4-15(2,12)13/h5-6H,3-4H2,1-2H3,(H,9,10,11). The average molecular weight is 231 g/mol. The van der Waals surface area contributed by atoms with Crippen molar-refractivity contribution < 1.29 is 13.2 Å². The van der Waals surface area contributed by atoms with Crippen molar-refractivity contribution in [3.8, 4) is 5.75 Å². The molecule has 7 heteroatoms. The van der Waals surface area contributed by atoms with Crippen LogP contribution in [-0.2, 0) is 9.84 Å². The highest BCUT2D eigenvalue weighted by molar-refractivity contribution is 7.90. The van der Waals surface area contributed by atoms with Crippen molar-refractivity contribution in [1.82, 2.24) is 9.97 Å². The lowest BCUT2D eigenvalue weighted by atomic mass is 10.6. The van der Waals surface area contributed by atoms with Crippen molar-refractivity contribution in [3.05, 3.63) is 12.4 Å². The second kappa shape index (κ2) is 4.92. The summed E-state index contributed by atoms with van der Waals surface area (Å²) in [5, 5.41) is 2.80. The number of nitrogens with one attached hydrogen (secondary N) is 1. The SMILES string of the molecule is COc1cnc(NCCS(C)(=O)=O)nc1. The molecular formula is C8H13N3O3S. The van der Waals surface area contributed by atoms with Crippen LogP contribution in [-0.4, -0.2) is 44.0 Å². The van der Waals surface area contributed by atoms with E-state index in [2.05, 4.69) is 15.3 Å². The van der Waals surface area contributed by atoms with E-state index in [4.69, 9.17) is 4.74 Å². The minimum atomic E-state index is -2.95. The second-order valence-electron chi connectivity index (χ2n) is 3.00. The molecule has 1 N–H and O–H groups in total. The summed E-state index contributed by atoms with van der Waals surface area (Å²) in [5.74, 6) is 1.01. The quantitative estimate of drug-likeness (QED) is 0.764. The lowest BCUT2D eigenvalue weighted by Crippen LogP contribution is -2.15. The van der Waals surface area contributed by atoms with Gasteiger partial charge >= 0.3 is 0 Å². The van der Waals surface area contributed by atoms with Crippen LogP contribution in [0.4, 0.5) is 5.95 Å². The van der Waals surface area contributed by atoms with E-state index in [0.29, 0.717) is 18.2 Å². The van der Waals surface area contributed by atoms with E-state index in [0.717, 1.165) is 0 Å². The van der Waals surface area contributed by atoms with Gasteiger partial charge in [-0.25, -0.2) is 18.4 Å². The predicted octanol–water partition coefficient (Wildman–Crippen LogP) is -0.0583. The van der Waals surface area contributed by atoms with Crippen LogP contribution in [0.25, 0.3) is 0 Å². The van der Waals surface area contributed by atoms with Crippen molar-refractivity contribution >= 4 is 15.8 Å². The summed E-state index contributed by atoms with van der Waals surface area (Å²) in [6.07, 6.45) is 4.20. The molecule has 0 aliphatic heterocycles. The first-order valence-electron chi connectivity index (χ1n) is 4.29. The molecule has 0 fully saturated rings. The third-order valence-electron chi connectivity index (χ3n) is 1.62. The van der Waals surface area contributed by atoms with Gasteiger partial charge in [-0.1, -0.05) is 0 Å². The number of rotatable bonds is 5. The van der Waals surface area contributed by atoms with E-state index < -0.39 is 9.84 Å². The van der Waals surface area contributed by atoms with Crippen LogP contribution in [0.3, 0.4) is 0 Å². The van der Waals surface area contributed by atoms with Crippen LogP contribution in [0.2, 0.25) is 0 Å². The Kier molecular flexibility index (Phi) is 3.84. The summed E-state index contributed by atoms with van der Waals surface area (Å²) in [7, 11) is -1.43. The monoisotopic (exact) mass is 231 g/mol. The van der Waals surface area contributed by atoms with Gasteiger partial charge in [0, 0.05) is 12.8 Å². The molecule has 0 saturated carbocycles. The van der Waals surface area contributed by atoms with Crippen LogP contribution < -0.4 is 10.1 Å². The molecular weight excluding hydrogens is 218 g/mol. The number of nitrogens with zero attached hydrogens (tertiary/aromatic N) is 2. The first-order chi connectivity index (χ1) is 7.01. The number of methoxy groups -OCH3 is 1. The highest BCUT2D eigenvalue weighted by Gasteiger charge is 2.02. The summed E-state index contributed by atoms with van der Waals surface area (Å²) in [5.41, 5.74) is 0. The van der Waals surface area contributed by atoms with Crippen molar-refractivity contribution in [3.63, 3.8) is 0 Å². The largest absolute Gasteiger partial charge is 0.494 e. The van der Waals surface area contributed by atoms with Gasteiger partial charge in [-0.2, -0.15) is 0 Å². The summed E-state index contributed by atoms with van der Waals surface area (Å²) in [6, 6.07) is 0. The van der Waals surface area contributed by atoms with Crippen LogP contribution in [0.1, 0.15) is 0 Å². The van der Waals surface area contributed by atoms with Gasteiger partial charge in [0.1, 0.15) is 9.84 Å². The predicted molar refractivity (Wildman–Crippen MR) is 56.8 cm³/mol. The molecule has 0 radical (unpaired) electrons. The van der Waals surface area contributed by atoms with Gasteiger partial charge in [-0.15, -0.1) is 0 Å². The fourth-order valence-electron chi connectivity index (χ4n) is 0.861. The lowest BCUT2D eigenvalue weighted by Gasteiger charge is -2.03. The normalized spacial score (nSPS) is 11.1. The fraction of sp³-hybridized carbons (Fsp3) is 0.500. The number of ether oxygens (including phenoxy) is 1. The second-order valence-corrected chi connectivity index (χ2v) is 5.26. The lowest BCUT2D eigenvalue weighted by molar-refractivity contribution is 0.411. The molecule has 0 aromatic carbocycles. The molecule has 0 bridgehead atoms. The van der Waals surface area contributed by atoms with Gasteiger partial charge < -0.3 is 10.1 Å². The van der Waals surface area contributed by atoms with Crippen LogP contribution >= 0.6 is 0 Å². The highest BCUT2D eigenvalue weighted by atomic mass is 32.2. The van der Waals surface area contributed by atoms with Crippen molar-refractivity contribution in [2.75, 3.05) is 31.0 Å². The molecule has 0 aliphatic carbocycles. The van der Waals surface area contributed by atoms with Crippen molar-refractivity contribution in [2.24, 2.45) is 0 Å². The maximum atomic E-state index is 10.8. The van der Waals surface area contributed by atoms with E-state index in [1.165, 1.54) is 25.8 Å². The summed E-state index contributed by atoms with van der Waals surface area (Å²) in [6.45, 7) is 0.297. The summed E-state index contributed by atoms with van der Waals surface area (Å²) >= 11 is 0.